The highest BCUT2D eigenvalue weighted by Gasteiger charge is 2.21. The normalized spacial score (nSPS) is 11.5. The number of hydrogen-bond donors (Lipinski definition) is 2. The van der Waals surface area contributed by atoms with Crippen LogP contribution in [0.5, 0.6) is 0 Å². The third-order valence-electron chi connectivity index (χ3n) is 3.63. The number of anilines is 1. The molecule has 20 heavy (non-hydrogen) atoms. The molecule has 0 aliphatic rings. The monoisotopic (exact) mass is 277 g/mol. The molecule has 1 rings (SSSR count). The van der Waals surface area contributed by atoms with Gasteiger partial charge in [-0.3, -0.25) is 4.79 Å². The first-order chi connectivity index (χ1) is 9.38. The SMILES string of the molecule is CCCNc1ccccc1C(=O)NCC(C)(C)N(C)C. The Morgan fingerprint density at radius 1 is 1.25 bits per heavy atom. The van der Waals surface area contributed by atoms with Gasteiger partial charge in [0.2, 0.25) is 0 Å². The van der Waals surface area contributed by atoms with Crippen molar-refractivity contribution in [3.63, 3.8) is 0 Å². The number of benzene rings is 1. The second kappa shape index (κ2) is 7.29. The topological polar surface area (TPSA) is 44.4 Å². The summed E-state index contributed by atoms with van der Waals surface area (Å²) >= 11 is 0. The van der Waals surface area contributed by atoms with Crippen molar-refractivity contribution in [2.45, 2.75) is 32.7 Å². The van der Waals surface area contributed by atoms with Crippen molar-refractivity contribution in [3.8, 4) is 0 Å². The summed E-state index contributed by atoms with van der Waals surface area (Å²) in [5, 5.41) is 6.31. The fraction of sp³-hybridized carbons (Fsp3) is 0.562. The summed E-state index contributed by atoms with van der Waals surface area (Å²) in [6.07, 6.45) is 1.03. The fourth-order valence-electron chi connectivity index (χ4n) is 1.64. The van der Waals surface area contributed by atoms with Crippen LogP contribution in [-0.2, 0) is 0 Å². The third-order valence-corrected chi connectivity index (χ3v) is 3.63. The molecule has 0 fully saturated rings. The van der Waals surface area contributed by atoms with Gasteiger partial charge in [-0.1, -0.05) is 19.1 Å². The predicted molar refractivity (Wildman–Crippen MR) is 85.3 cm³/mol. The largest absolute Gasteiger partial charge is 0.384 e. The molecule has 1 aromatic carbocycles. The second-order valence-corrected chi connectivity index (χ2v) is 5.86. The first kappa shape index (κ1) is 16.5. The van der Waals surface area contributed by atoms with Gasteiger partial charge in [-0.05, 0) is 46.5 Å². The molecule has 2 N–H and O–H groups in total. The standard InChI is InChI=1S/C16H27N3O/c1-6-11-17-14-10-8-7-9-13(14)15(20)18-12-16(2,3)19(4)5/h7-10,17H,6,11-12H2,1-5H3,(H,18,20). The molecule has 112 valence electrons. The molecular weight excluding hydrogens is 250 g/mol. The summed E-state index contributed by atoms with van der Waals surface area (Å²) in [6.45, 7) is 7.80. The molecule has 4 heteroatoms. The van der Waals surface area contributed by atoms with Gasteiger partial charge in [0.1, 0.15) is 0 Å². The Morgan fingerprint density at radius 3 is 2.50 bits per heavy atom. The van der Waals surface area contributed by atoms with Gasteiger partial charge in [0, 0.05) is 24.3 Å². The lowest BCUT2D eigenvalue weighted by atomic mass is 10.0. The van der Waals surface area contributed by atoms with Gasteiger partial charge in [0.15, 0.2) is 0 Å². The predicted octanol–water partition coefficient (Wildman–Crippen LogP) is 2.58. The molecule has 1 amide bonds. The van der Waals surface area contributed by atoms with E-state index in [-0.39, 0.29) is 11.4 Å². The average molecular weight is 277 g/mol. The van der Waals surface area contributed by atoms with Gasteiger partial charge in [0.25, 0.3) is 5.91 Å². The van der Waals surface area contributed by atoms with E-state index in [4.69, 9.17) is 0 Å². The van der Waals surface area contributed by atoms with Gasteiger partial charge >= 0.3 is 0 Å². The van der Waals surface area contributed by atoms with Crippen LogP contribution < -0.4 is 10.6 Å². The lowest BCUT2D eigenvalue weighted by Gasteiger charge is -2.32. The fourth-order valence-corrected chi connectivity index (χ4v) is 1.64. The van der Waals surface area contributed by atoms with Gasteiger partial charge < -0.3 is 15.5 Å². The lowest BCUT2D eigenvalue weighted by Crippen LogP contribution is -2.48. The molecule has 0 saturated heterocycles. The molecular formula is C16H27N3O. The molecule has 0 unspecified atom stereocenters. The number of hydrogen-bond acceptors (Lipinski definition) is 3. The number of para-hydroxylation sites is 1. The quantitative estimate of drug-likeness (QED) is 0.805. The molecule has 0 heterocycles. The van der Waals surface area contributed by atoms with Gasteiger partial charge in [-0.15, -0.1) is 0 Å². The zero-order valence-corrected chi connectivity index (χ0v) is 13.3. The summed E-state index contributed by atoms with van der Waals surface area (Å²) in [5.41, 5.74) is 1.53. The van der Waals surface area contributed by atoms with Crippen molar-refractivity contribution in [2.24, 2.45) is 0 Å². The highest BCUT2D eigenvalue weighted by Crippen LogP contribution is 2.15. The van der Waals surface area contributed by atoms with Gasteiger partial charge in [0.05, 0.1) is 5.56 Å². The zero-order valence-electron chi connectivity index (χ0n) is 13.3. The highest BCUT2D eigenvalue weighted by atomic mass is 16.1. The van der Waals surface area contributed by atoms with E-state index < -0.39 is 0 Å². The zero-order chi connectivity index (χ0) is 15.2. The summed E-state index contributed by atoms with van der Waals surface area (Å²) in [4.78, 5) is 14.4. The number of carbonyl (C=O) groups excluding carboxylic acids is 1. The van der Waals surface area contributed by atoms with Crippen LogP contribution in [0.4, 0.5) is 5.69 Å². The maximum absolute atomic E-state index is 12.3. The Morgan fingerprint density at radius 2 is 1.90 bits per heavy atom. The molecule has 0 radical (unpaired) electrons. The summed E-state index contributed by atoms with van der Waals surface area (Å²) in [6, 6.07) is 7.64. The number of amides is 1. The molecule has 1 aromatic rings. The number of nitrogens with zero attached hydrogens (tertiary/aromatic N) is 1. The molecule has 0 bridgehead atoms. The van der Waals surface area contributed by atoms with Crippen molar-refractivity contribution in [3.05, 3.63) is 29.8 Å². The number of nitrogens with one attached hydrogen (secondary N) is 2. The van der Waals surface area contributed by atoms with E-state index in [0.29, 0.717) is 12.1 Å². The lowest BCUT2D eigenvalue weighted by molar-refractivity contribution is 0.0920. The second-order valence-electron chi connectivity index (χ2n) is 5.86. The number of likely N-dealkylation sites (N-methyl/N-ethyl adjacent to an activating group) is 1. The van der Waals surface area contributed by atoms with Crippen molar-refractivity contribution < 1.29 is 4.79 Å². The summed E-state index contributed by atoms with van der Waals surface area (Å²) in [7, 11) is 4.03. The molecule has 0 saturated carbocycles. The van der Waals surface area contributed by atoms with E-state index in [0.717, 1.165) is 18.7 Å². The van der Waals surface area contributed by atoms with Crippen LogP contribution in [-0.4, -0.2) is 43.5 Å². The highest BCUT2D eigenvalue weighted by molar-refractivity contribution is 5.99. The maximum Gasteiger partial charge on any atom is 0.253 e. The van der Waals surface area contributed by atoms with Crippen LogP contribution >= 0.6 is 0 Å². The molecule has 0 aliphatic heterocycles. The first-order valence-corrected chi connectivity index (χ1v) is 7.17. The molecule has 0 aromatic heterocycles. The van der Waals surface area contributed by atoms with Crippen LogP contribution in [0.2, 0.25) is 0 Å². The Labute approximate surface area is 122 Å². The van der Waals surface area contributed by atoms with E-state index in [1.807, 2.05) is 38.4 Å². The average Bonchev–Trinajstić information content (AvgIpc) is 2.42. The maximum atomic E-state index is 12.3. The Balaban J connectivity index is 2.72. The Kier molecular flexibility index (Phi) is 6.02. The van der Waals surface area contributed by atoms with E-state index in [1.165, 1.54) is 0 Å². The molecule has 0 atom stereocenters. The Hall–Kier alpha value is -1.55. The van der Waals surface area contributed by atoms with Crippen molar-refractivity contribution in [1.29, 1.82) is 0 Å². The van der Waals surface area contributed by atoms with Crippen LogP contribution in [0, 0.1) is 0 Å². The van der Waals surface area contributed by atoms with Crippen molar-refractivity contribution >= 4 is 11.6 Å². The van der Waals surface area contributed by atoms with Crippen molar-refractivity contribution in [2.75, 3.05) is 32.5 Å². The third kappa shape index (κ3) is 4.53. The van der Waals surface area contributed by atoms with E-state index in [1.54, 1.807) is 0 Å². The first-order valence-electron chi connectivity index (χ1n) is 7.17. The van der Waals surface area contributed by atoms with Gasteiger partial charge in [-0.2, -0.15) is 0 Å². The summed E-state index contributed by atoms with van der Waals surface area (Å²) in [5.74, 6) is -0.0286. The van der Waals surface area contributed by atoms with E-state index >= 15 is 0 Å². The van der Waals surface area contributed by atoms with Gasteiger partial charge in [-0.25, -0.2) is 0 Å². The number of carbonyl (C=O) groups is 1. The minimum Gasteiger partial charge on any atom is -0.384 e. The van der Waals surface area contributed by atoms with Crippen LogP contribution in [0.3, 0.4) is 0 Å². The van der Waals surface area contributed by atoms with Crippen LogP contribution in [0.15, 0.2) is 24.3 Å². The van der Waals surface area contributed by atoms with E-state index in [9.17, 15) is 4.79 Å². The minimum atomic E-state index is -0.0680. The number of rotatable bonds is 7. The van der Waals surface area contributed by atoms with Crippen LogP contribution in [0.1, 0.15) is 37.6 Å². The van der Waals surface area contributed by atoms with Crippen molar-refractivity contribution in [1.82, 2.24) is 10.2 Å². The smallest absolute Gasteiger partial charge is 0.253 e. The van der Waals surface area contributed by atoms with Crippen LogP contribution in [0.25, 0.3) is 0 Å². The molecule has 0 aliphatic carbocycles. The van der Waals surface area contributed by atoms with E-state index in [2.05, 4.69) is 36.3 Å². The molecule has 4 nitrogen and oxygen atoms in total. The minimum absolute atomic E-state index is 0.0286. The summed E-state index contributed by atoms with van der Waals surface area (Å²) < 4.78 is 0. The molecule has 0 spiro atoms. The Bertz CT molecular complexity index is 441.